The van der Waals surface area contributed by atoms with Crippen LogP contribution in [0.5, 0.6) is 0 Å². The third-order valence-corrected chi connectivity index (χ3v) is 2.51. The maximum absolute atomic E-state index is 10.3. The van der Waals surface area contributed by atoms with Crippen molar-refractivity contribution in [2.24, 2.45) is 0 Å². The molecule has 0 amide bonds. The van der Waals surface area contributed by atoms with Crippen molar-refractivity contribution in [3.8, 4) is 0 Å². The molecule has 0 saturated heterocycles. The minimum Gasteiger partial charge on any atom is -0.481 e. The molecule has 0 aliphatic rings. The molecule has 0 atom stereocenters. The molecular weight excluding hydrogens is 224 g/mol. The number of unbranched alkanes of at least 4 members (excludes halogenated alkanes) is 3. The van der Waals surface area contributed by atoms with Crippen molar-refractivity contribution in [2.45, 2.75) is 58.3 Å². The first-order chi connectivity index (χ1) is 8.77. The molecule has 0 aliphatic heterocycles. The summed E-state index contributed by atoms with van der Waals surface area (Å²) in [4.78, 5) is 10.3. The summed E-state index contributed by atoms with van der Waals surface area (Å²) in [5.41, 5.74) is 0. The van der Waals surface area contributed by atoms with Crippen molar-refractivity contribution in [1.82, 2.24) is 0 Å². The number of carboxylic acid groups (broad SMARTS) is 1. The maximum Gasteiger partial charge on any atom is 0.303 e. The molecule has 2 nitrogen and oxygen atoms in total. The number of carboxylic acids is 1. The van der Waals surface area contributed by atoms with E-state index in [4.69, 9.17) is 5.11 Å². The van der Waals surface area contributed by atoms with Gasteiger partial charge in [-0.15, -0.1) is 0 Å². The quantitative estimate of drug-likeness (QED) is 0.419. The summed E-state index contributed by atoms with van der Waals surface area (Å²) in [6.07, 6.45) is 20.5. The van der Waals surface area contributed by atoms with Crippen molar-refractivity contribution in [2.75, 3.05) is 0 Å². The standard InChI is InChI=1S/C16H26O2/c1-2-3-4-5-6-7-8-9-10-11-12-13-14-15-16(17)18/h3-4,6-7,11-12H,2,5,8-10,13-15H2,1H3,(H,17,18)/b4-3+,7-6+,12-11+. The monoisotopic (exact) mass is 250 g/mol. The Kier molecular flexibility index (Phi) is 12.8. The fourth-order valence-corrected chi connectivity index (χ4v) is 1.52. The van der Waals surface area contributed by atoms with Gasteiger partial charge in [0.1, 0.15) is 0 Å². The van der Waals surface area contributed by atoms with E-state index in [-0.39, 0.29) is 6.42 Å². The van der Waals surface area contributed by atoms with E-state index in [9.17, 15) is 4.79 Å². The van der Waals surface area contributed by atoms with Gasteiger partial charge in [0.05, 0.1) is 0 Å². The topological polar surface area (TPSA) is 37.3 Å². The Morgan fingerprint density at radius 1 is 0.889 bits per heavy atom. The molecule has 0 heterocycles. The van der Waals surface area contributed by atoms with Gasteiger partial charge in [-0.05, 0) is 44.9 Å². The van der Waals surface area contributed by atoms with E-state index in [0.29, 0.717) is 0 Å². The lowest BCUT2D eigenvalue weighted by Crippen LogP contribution is -1.92. The van der Waals surface area contributed by atoms with Gasteiger partial charge >= 0.3 is 5.97 Å². The summed E-state index contributed by atoms with van der Waals surface area (Å²) in [7, 11) is 0. The van der Waals surface area contributed by atoms with Crippen LogP contribution in [0.2, 0.25) is 0 Å². The van der Waals surface area contributed by atoms with Gasteiger partial charge in [-0.3, -0.25) is 4.79 Å². The minimum absolute atomic E-state index is 0.276. The first-order valence-corrected chi connectivity index (χ1v) is 6.94. The van der Waals surface area contributed by atoms with Crippen molar-refractivity contribution in [1.29, 1.82) is 0 Å². The molecule has 0 aromatic rings. The molecule has 2 heteroatoms. The predicted molar refractivity (Wildman–Crippen MR) is 77.7 cm³/mol. The lowest BCUT2D eigenvalue weighted by molar-refractivity contribution is -0.137. The highest BCUT2D eigenvalue weighted by atomic mass is 16.4. The summed E-state index contributed by atoms with van der Waals surface area (Å²) in [5, 5.41) is 8.45. The second-order valence-corrected chi connectivity index (χ2v) is 4.28. The number of carbonyl (C=O) groups is 1. The zero-order valence-corrected chi connectivity index (χ0v) is 11.5. The largest absolute Gasteiger partial charge is 0.481 e. The molecule has 0 bridgehead atoms. The third kappa shape index (κ3) is 14.7. The van der Waals surface area contributed by atoms with Crippen LogP contribution in [0.4, 0.5) is 0 Å². The summed E-state index contributed by atoms with van der Waals surface area (Å²) in [5.74, 6) is -0.703. The molecular formula is C16H26O2. The third-order valence-electron chi connectivity index (χ3n) is 2.51. The smallest absolute Gasteiger partial charge is 0.303 e. The van der Waals surface area contributed by atoms with Gasteiger partial charge in [0.25, 0.3) is 0 Å². The van der Waals surface area contributed by atoms with E-state index in [1.165, 1.54) is 6.42 Å². The van der Waals surface area contributed by atoms with Crippen LogP contribution in [0.15, 0.2) is 36.5 Å². The lowest BCUT2D eigenvalue weighted by atomic mass is 10.2. The van der Waals surface area contributed by atoms with Gasteiger partial charge < -0.3 is 5.11 Å². The Balaban J connectivity index is 3.26. The Hall–Kier alpha value is -1.31. The van der Waals surface area contributed by atoms with Gasteiger partial charge in [-0.1, -0.05) is 43.4 Å². The number of hydrogen-bond acceptors (Lipinski definition) is 1. The Bertz CT molecular complexity index is 275. The molecule has 0 unspecified atom stereocenters. The average Bonchev–Trinajstić information content (AvgIpc) is 2.34. The van der Waals surface area contributed by atoms with Crippen LogP contribution in [0.25, 0.3) is 0 Å². The second-order valence-electron chi connectivity index (χ2n) is 4.28. The van der Waals surface area contributed by atoms with Crippen molar-refractivity contribution >= 4 is 5.97 Å². The van der Waals surface area contributed by atoms with Crippen LogP contribution in [0, 0.1) is 0 Å². The van der Waals surface area contributed by atoms with Crippen LogP contribution in [0.1, 0.15) is 58.3 Å². The fourth-order valence-electron chi connectivity index (χ4n) is 1.52. The zero-order valence-electron chi connectivity index (χ0n) is 11.5. The highest BCUT2D eigenvalue weighted by Gasteiger charge is 1.92. The predicted octanol–water partition coefficient (Wildman–Crippen LogP) is 4.88. The molecule has 18 heavy (non-hydrogen) atoms. The number of aliphatic carboxylic acids is 1. The molecule has 0 aliphatic carbocycles. The Morgan fingerprint density at radius 3 is 2.06 bits per heavy atom. The SMILES string of the molecule is CC/C=C/C/C=C/CCC/C=C/CCCC(=O)O. The second kappa shape index (κ2) is 13.8. The van der Waals surface area contributed by atoms with Crippen molar-refractivity contribution in [3.05, 3.63) is 36.5 Å². The molecule has 0 radical (unpaired) electrons. The normalized spacial score (nSPS) is 12.1. The van der Waals surface area contributed by atoms with E-state index in [0.717, 1.165) is 38.5 Å². The molecule has 1 N–H and O–H groups in total. The summed E-state index contributed by atoms with van der Waals surface area (Å²) in [6, 6.07) is 0. The molecule has 0 aromatic heterocycles. The van der Waals surface area contributed by atoms with Crippen LogP contribution < -0.4 is 0 Å². The molecule has 0 aromatic carbocycles. The molecule has 102 valence electrons. The highest BCUT2D eigenvalue weighted by molar-refractivity contribution is 5.66. The Morgan fingerprint density at radius 2 is 1.44 bits per heavy atom. The number of hydrogen-bond donors (Lipinski definition) is 1. The molecule has 0 saturated carbocycles. The van der Waals surface area contributed by atoms with Gasteiger partial charge in [0.2, 0.25) is 0 Å². The zero-order chi connectivity index (χ0) is 13.5. The summed E-state index contributed by atoms with van der Waals surface area (Å²) < 4.78 is 0. The van der Waals surface area contributed by atoms with E-state index >= 15 is 0 Å². The van der Waals surface area contributed by atoms with E-state index < -0.39 is 5.97 Å². The maximum atomic E-state index is 10.3. The number of allylic oxidation sites excluding steroid dienone is 6. The highest BCUT2D eigenvalue weighted by Crippen LogP contribution is 2.02. The van der Waals surface area contributed by atoms with Gasteiger partial charge in [0, 0.05) is 6.42 Å². The van der Waals surface area contributed by atoms with Crippen LogP contribution in [0.3, 0.4) is 0 Å². The van der Waals surface area contributed by atoms with E-state index in [2.05, 4.69) is 43.4 Å². The van der Waals surface area contributed by atoms with Crippen molar-refractivity contribution in [3.63, 3.8) is 0 Å². The van der Waals surface area contributed by atoms with E-state index in [1.807, 2.05) is 0 Å². The summed E-state index contributed by atoms with van der Waals surface area (Å²) >= 11 is 0. The molecule has 0 rings (SSSR count). The van der Waals surface area contributed by atoms with Gasteiger partial charge in [-0.2, -0.15) is 0 Å². The number of rotatable bonds is 11. The minimum atomic E-state index is -0.703. The molecule has 0 fully saturated rings. The summed E-state index contributed by atoms with van der Waals surface area (Å²) in [6.45, 7) is 2.14. The van der Waals surface area contributed by atoms with Crippen molar-refractivity contribution < 1.29 is 9.90 Å². The van der Waals surface area contributed by atoms with Gasteiger partial charge in [0.15, 0.2) is 0 Å². The van der Waals surface area contributed by atoms with E-state index in [1.54, 1.807) is 0 Å². The van der Waals surface area contributed by atoms with Crippen LogP contribution >= 0.6 is 0 Å². The first-order valence-electron chi connectivity index (χ1n) is 6.94. The van der Waals surface area contributed by atoms with Gasteiger partial charge in [-0.25, -0.2) is 0 Å². The Labute approximate surface area is 111 Å². The molecule has 0 spiro atoms. The van der Waals surface area contributed by atoms with Crippen LogP contribution in [-0.2, 0) is 4.79 Å². The fraction of sp³-hybridized carbons (Fsp3) is 0.562. The van der Waals surface area contributed by atoms with Crippen LogP contribution in [-0.4, -0.2) is 11.1 Å². The lowest BCUT2D eigenvalue weighted by Gasteiger charge is -1.92. The average molecular weight is 250 g/mol. The first kappa shape index (κ1) is 16.7.